The van der Waals surface area contributed by atoms with Gasteiger partial charge in [-0.2, -0.15) is 0 Å². The van der Waals surface area contributed by atoms with Crippen molar-refractivity contribution in [1.82, 2.24) is 9.88 Å². The molecule has 6 nitrogen and oxygen atoms in total. The molecule has 0 aliphatic carbocycles. The predicted octanol–water partition coefficient (Wildman–Crippen LogP) is 2.10. The van der Waals surface area contributed by atoms with Gasteiger partial charge in [0, 0.05) is 23.6 Å². The number of benzene rings is 1. The highest BCUT2D eigenvalue weighted by Crippen LogP contribution is 2.24. The lowest BCUT2D eigenvalue weighted by Crippen LogP contribution is -2.20. The van der Waals surface area contributed by atoms with Gasteiger partial charge in [0.2, 0.25) is 0 Å². The summed E-state index contributed by atoms with van der Waals surface area (Å²) in [6.45, 7) is 3.84. The first-order valence-corrected chi connectivity index (χ1v) is 6.86. The van der Waals surface area contributed by atoms with Crippen molar-refractivity contribution >= 4 is 22.8 Å². The van der Waals surface area contributed by atoms with E-state index in [9.17, 15) is 8.78 Å². The van der Waals surface area contributed by atoms with Crippen molar-refractivity contribution in [2.24, 2.45) is 0 Å². The second-order valence-electron chi connectivity index (χ2n) is 4.85. The van der Waals surface area contributed by atoms with Crippen LogP contribution < -0.4 is 0 Å². The molecule has 0 atom stereocenters. The van der Waals surface area contributed by atoms with Crippen LogP contribution in [0.25, 0.3) is 10.9 Å². The van der Waals surface area contributed by atoms with Crippen LogP contribution in [0.3, 0.4) is 0 Å². The average Bonchev–Trinajstić information content (AvgIpc) is 2.92. The van der Waals surface area contributed by atoms with Crippen LogP contribution in [0.2, 0.25) is 0 Å². The first-order valence-electron chi connectivity index (χ1n) is 6.86. The summed E-state index contributed by atoms with van der Waals surface area (Å²) in [6, 6.07) is 2.72. The minimum absolute atomic E-state index is 0.384. The van der Waals surface area contributed by atoms with Gasteiger partial charge in [-0.05, 0) is 37.7 Å². The Bertz CT molecular complexity index is 688. The molecule has 0 aliphatic heterocycles. The highest BCUT2D eigenvalue weighted by atomic mass is 19.2. The first-order chi connectivity index (χ1) is 10.8. The lowest BCUT2D eigenvalue weighted by atomic mass is 10.1. The molecule has 0 aliphatic rings. The summed E-state index contributed by atoms with van der Waals surface area (Å²) in [5.41, 5.74) is 1.48. The van der Waals surface area contributed by atoms with E-state index in [0.29, 0.717) is 17.3 Å². The maximum atomic E-state index is 13.7. The van der Waals surface area contributed by atoms with Gasteiger partial charge in [0.15, 0.2) is 11.6 Å². The summed E-state index contributed by atoms with van der Waals surface area (Å²) < 4.78 is 26.9. The molecular formula is C15H18F2N2O4. The van der Waals surface area contributed by atoms with Crippen LogP contribution in [-0.4, -0.2) is 52.2 Å². The van der Waals surface area contributed by atoms with Crippen molar-refractivity contribution in [3.05, 3.63) is 35.5 Å². The quantitative estimate of drug-likeness (QED) is 0.747. The molecule has 23 heavy (non-hydrogen) atoms. The van der Waals surface area contributed by atoms with E-state index in [1.54, 1.807) is 12.3 Å². The molecule has 1 aromatic heterocycles. The number of fused-ring (bicyclic) bond motifs is 1. The normalized spacial score (nSPS) is 10.5. The molecule has 2 rings (SSSR count). The molecule has 126 valence electrons. The molecule has 1 aromatic carbocycles. The van der Waals surface area contributed by atoms with Gasteiger partial charge in [0.05, 0.1) is 0 Å². The van der Waals surface area contributed by atoms with E-state index in [1.165, 1.54) is 0 Å². The standard InChI is InChI=1S/C13H16F2N2.C2H2O4/c1-3-17(2)7-6-9-8-16-11-5-4-10(14)13(15)12(9)11;3-1(4)2(5)6/h4-5,8,16H,3,6-7H2,1-2H3;(H,3,4)(H,5,6). The number of H-pyrrole nitrogens is 1. The van der Waals surface area contributed by atoms with Crippen LogP contribution in [0.1, 0.15) is 12.5 Å². The van der Waals surface area contributed by atoms with Crippen molar-refractivity contribution in [2.45, 2.75) is 13.3 Å². The topological polar surface area (TPSA) is 93.6 Å². The molecule has 0 unspecified atom stereocenters. The summed E-state index contributed by atoms with van der Waals surface area (Å²) in [6.07, 6.45) is 2.47. The van der Waals surface area contributed by atoms with Crippen LogP contribution in [0.4, 0.5) is 8.78 Å². The van der Waals surface area contributed by atoms with Crippen molar-refractivity contribution in [2.75, 3.05) is 20.1 Å². The number of carbonyl (C=O) groups is 2. The van der Waals surface area contributed by atoms with Crippen molar-refractivity contribution in [3.63, 3.8) is 0 Å². The van der Waals surface area contributed by atoms with Gasteiger partial charge in [-0.15, -0.1) is 0 Å². The minimum Gasteiger partial charge on any atom is -0.473 e. The Labute approximate surface area is 131 Å². The second kappa shape index (κ2) is 8.23. The van der Waals surface area contributed by atoms with E-state index in [0.717, 1.165) is 24.7 Å². The number of aliphatic carboxylic acids is 2. The Morgan fingerprint density at radius 2 is 1.83 bits per heavy atom. The Kier molecular flexibility index (Phi) is 6.65. The van der Waals surface area contributed by atoms with Gasteiger partial charge >= 0.3 is 11.9 Å². The summed E-state index contributed by atoms with van der Waals surface area (Å²) >= 11 is 0. The average molecular weight is 328 g/mol. The first kappa shape index (κ1) is 18.6. The zero-order chi connectivity index (χ0) is 17.6. The maximum absolute atomic E-state index is 13.7. The summed E-state index contributed by atoms with van der Waals surface area (Å²) in [5, 5.41) is 15.2. The fourth-order valence-corrected chi connectivity index (χ4v) is 1.89. The number of halogens is 2. The van der Waals surface area contributed by atoms with Gasteiger partial charge in [-0.3, -0.25) is 0 Å². The second-order valence-corrected chi connectivity index (χ2v) is 4.85. The number of nitrogens with zero attached hydrogens (tertiary/aromatic N) is 1. The SMILES string of the molecule is CCN(C)CCc1c[nH]c2ccc(F)c(F)c12.O=C(O)C(=O)O. The van der Waals surface area contributed by atoms with Crippen molar-refractivity contribution < 1.29 is 28.6 Å². The largest absolute Gasteiger partial charge is 0.473 e. The number of hydrogen-bond donors (Lipinski definition) is 3. The van der Waals surface area contributed by atoms with Gasteiger partial charge in [0.25, 0.3) is 0 Å². The van der Waals surface area contributed by atoms with E-state index in [4.69, 9.17) is 19.8 Å². The number of nitrogens with one attached hydrogen (secondary N) is 1. The number of carboxylic acids is 2. The number of likely N-dealkylation sites (N-methyl/N-ethyl adjacent to an activating group) is 1. The van der Waals surface area contributed by atoms with E-state index >= 15 is 0 Å². The Morgan fingerprint density at radius 3 is 2.35 bits per heavy atom. The van der Waals surface area contributed by atoms with Gasteiger partial charge in [0.1, 0.15) is 0 Å². The number of rotatable bonds is 4. The van der Waals surface area contributed by atoms with Crippen molar-refractivity contribution in [1.29, 1.82) is 0 Å². The highest BCUT2D eigenvalue weighted by Gasteiger charge is 2.12. The van der Waals surface area contributed by atoms with Crippen LogP contribution in [0, 0.1) is 11.6 Å². The number of aromatic amines is 1. The van der Waals surface area contributed by atoms with Crippen molar-refractivity contribution in [3.8, 4) is 0 Å². The molecule has 3 N–H and O–H groups in total. The summed E-state index contributed by atoms with van der Waals surface area (Å²) in [5.74, 6) is -5.19. The fourth-order valence-electron chi connectivity index (χ4n) is 1.89. The predicted molar refractivity (Wildman–Crippen MR) is 80.4 cm³/mol. The molecule has 0 bridgehead atoms. The van der Waals surface area contributed by atoms with Gasteiger partial charge in [-0.1, -0.05) is 6.92 Å². The Balaban J connectivity index is 0.000000379. The van der Waals surface area contributed by atoms with Gasteiger partial charge < -0.3 is 20.1 Å². The monoisotopic (exact) mass is 328 g/mol. The third-order valence-electron chi connectivity index (χ3n) is 3.30. The van der Waals surface area contributed by atoms with Crippen LogP contribution in [-0.2, 0) is 16.0 Å². The fraction of sp³-hybridized carbons (Fsp3) is 0.333. The lowest BCUT2D eigenvalue weighted by molar-refractivity contribution is -0.159. The van der Waals surface area contributed by atoms with E-state index in [2.05, 4.69) is 16.8 Å². The molecule has 8 heteroatoms. The van der Waals surface area contributed by atoms with Crippen LogP contribution in [0.5, 0.6) is 0 Å². The number of hydrogen-bond acceptors (Lipinski definition) is 3. The summed E-state index contributed by atoms with van der Waals surface area (Å²) in [7, 11) is 2.01. The zero-order valence-corrected chi connectivity index (χ0v) is 12.8. The van der Waals surface area contributed by atoms with E-state index < -0.39 is 23.6 Å². The third-order valence-corrected chi connectivity index (χ3v) is 3.30. The molecule has 1 heterocycles. The smallest absolute Gasteiger partial charge is 0.414 e. The molecule has 0 saturated carbocycles. The molecule has 0 amide bonds. The maximum Gasteiger partial charge on any atom is 0.414 e. The van der Waals surface area contributed by atoms with Crippen LogP contribution in [0.15, 0.2) is 18.3 Å². The molecule has 2 aromatic rings. The number of aromatic nitrogens is 1. The highest BCUT2D eigenvalue weighted by molar-refractivity contribution is 6.27. The Morgan fingerprint density at radius 1 is 1.22 bits per heavy atom. The molecule has 0 fully saturated rings. The zero-order valence-electron chi connectivity index (χ0n) is 12.8. The van der Waals surface area contributed by atoms with E-state index in [-0.39, 0.29) is 0 Å². The van der Waals surface area contributed by atoms with Crippen LogP contribution >= 0.6 is 0 Å². The van der Waals surface area contributed by atoms with Gasteiger partial charge in [-0.25, -0.2) is 18.4 Å². The van der Waals surface area contributed by atoms with E-state index in [1.807, 2.05) is 7.05 Å². The summed E-state index contributed by atoms with van der Waals surface area (Å²) in [4.78, 5) is 23.3. The lowest BCUT2D eigenvalue weighted by Gasteiger charge is -2.12. The minimum atomic E-state index is -1.82. The molecular weight excluding hydrogens is 310 g/mol. The number of carboxylic acid groups (broad SMARTS) is 2. The molecule has 0 radical (unpaired) electrons. The Hall–Kier alpha value is -2.48. The molecule has 0 spiro atoms. The third kappa shape index (κ3) is 5.03. The molecule has 0 saturated heterocycles.